The highest BCUT2D eigenvalue weighted by atomic mass is 28.1. The molecule has 0 aromatic rings. The molecule has 98 valence electrons. The lowest BCUT2D eigenvalue weighted by atomic mass is 10.3. The fourth-order valence-corrected chi connectivity index (χ4v) is 2.54. The maximum absolute atomic E-state index is 3.58. The zero-order valence-electron chi connectivity index (χ0n) is 11.9. The second-order valence-electron chi connectivity index (χ2n) is 4.13. The summed E-state index contributed by atoms with van der Waals surface area (Å²) in [5, 5.41) is 3.58. The average molecular weight is 245 g/mol. The third-order valence-corrected chi connectivity index (χ3v) is 3.72. The van der Waals surface area contributed by atoms with Gasteiger partial charge in [-0.25, -0.2) is 0 Å². The van der Waals surface area contributed by atoms with E-state index < -0.39 is 0 Å². The molecule has 0 unspecified atom stereocenters. The first-order valence-corrected chi connectivity index (χ1v) is 8.35. The minimum absolute atomic E-state index is 0.568. The van der Waals surface area contributed by atoms with Gasteiger partial charge in [0.15, 0.2) is 0 Å². The van der Waals surface area contributed by atoms with Crippen LogP contribution in [0, 0.1) is 0 Å². The van der Waals surface area contributed by atoms with Gasteiger partial charge in [-0.1, -0.05) is 33.7 Å². The van der Waals surface area contributed by atoms with Crippen LogP contribution in [0.4, 0.5) is 0 Å². The van der Waals surface area contributed by atoms with Crippen LogP contribution in [-0.4, -0.2) is 65.5 Å². The molecule has 0 rings (SSSR count). The van der Waals surface area contributed by atoms with E-state index in [0.29, 0.717) is 6.17 Å². The summed E-state index contributed by atoms with van der Waals surface area (Å²) < 4.78 is 0. The van der Waals surface area contributed by atoms with E-state index in [0.717, 1.165) is 32.7 Å². The Morgan fingerprint density at radius 2 is 1.38 bits per heavy atom. The van der Waals surface area contributed by atoms with Gasteiger partial charge >= 0.3 is 0 Å². The molecule has 4 heteroatoms. The zero-order valence-corrected chi connectivity index (χ0v) is 13.9. The van der Waals surface area contributed by atoms with Crippen LogP contribution in [0.3, 0.4) is 0 Å². The second-order valence-corrected chi connectivity index (χ2v) is 5.13. The van der Waals surface area contributed by atoms with E-state index in [9.17, 15) is 0 Å². The smallest absolute Gasteiger partial charge is 0.0750 e. The monoisotopic (exact) mass is 245 g/mol. The second kappa shape index (κ2) is 10.3. The van der Waals surface area contributed by atoms with Crippen LogP contribution >= 0.6 is 0 Å². The summed E-state index contributed by atoms with van der Waals surface area (Å²) in [5.41, 5.74) is 0. The predicted molar refractivity (Wildman–Crippen MR) is 77.2 cm³/mol. The lowest BCUT2D eigenvalue weighted by Gasteiger charge is -2.38. The average Bonchev–Trinajstić information content (AvgIpc) is 2.31. The minimum Gasteiger partial charge on any atom is -0.314 e. The van der Waals surface area contributed by atoms with Gasteiger partial charge in [-0.2, -0.15) is 0 Å². The first-order valence-electron chi connectivity index (χ1n) is 6.93. The van der Waals surface area contributed by atoms with Gasteiger partial charge in [-0.15, -0.1) is 0 Å². The fraction of sp³-hybridized carbons (Fsp3) is 1.00. The molecule has 0 amide bonds. The number of rotatable bonds is 10. The molecule has 0 heterocycles. The third-order valence-electron chi connectivity index (χ3n) is 3.22. The molecule has 16 heavy (non-hydrogen) atoms. The van der Waals surface area contributed by atoms with Crippen LogP contribution in [0.25, 0.3) is 0 Å². The number of nitrogens with one attached hydrogen (secondary N) is 1. The molecule has 0 aliphatic carbocycles. The van der Waals surface area contributed by atoms with Crippen molar-refractivity contribution in [3.05, 3.63) is 0 Å². The molecular weight excluding hydrogens is 214 g/mol. The SMILES string of the molecule is CCN(CC)C(CNCC[SiH3])N(CC)CC. The number of likely N-dealkylation sites (N-methyl/N-ethyl adjacent to an activating group) is 2. The van der Waals surface area contributed by atoms with E-state index in [1.54, 1.807) is 0 Å². The molecule has 3 nitrogen and oxygen atoms in total. The zero-order chi connectivity index (χ0) is 12.4. The molecule has 0 fully saturated rings. The largest absolute Gasteiger partial charge is 0.314 e. The molecule has 0 radical (unpaired) electrons. The molecule has 0 aromatic heterocycles. The molecule has 0 aromatic carbocycles. The summed E-state index contributed by atoms with van der Waals surface area (Å²) in [6.07, 6.45) is 0.568. The molecule has 0 spiro atoms. The van der Waals surface area contributed by atoms with Crippen molar-refractivity contribution in [2.24, 2.45) is 0 Å². The van der Waals surface area contributed by atoms with Crippen molar-refractivity contribution in [3.8, 4) is 0 Å². The summed E-state index contributed by atoms with van der Waals surface area (Å²) >= 11 is 0. The quantitative estimate of drug-likeness (QED) is 0.341. The van der Waals surface area contributed by atoms with Crippen molar-refractivity contribution < 1.29 is 0 Å². The van der Waals surface area contributed by atoms with E-state index in [1.165, 1.54) is 22.8 Å². The summed E-state index contributed by atoms with van der Waals surface area (Å²) in [7, 11) is 1.31. The number of hydrogen-bond donors (Lipinski definition) is 1. The lowest BCUT2D eigenvalue weighted by Crippen LogP contribution is -2.53. The highest BCUT2D eigenvalue weighted by molar-refractivity contribution is 6.08. The highest BCUT2D eigenvalue weighted by Gasteiger charge is 2.20. The van der Waals surface area contributed by atoms with Crippen molar-refractivity contribution in [3.63, 3.8) is 0 Å². The van der Waals surface area contributed by atoms with Crippen LogP contribution in [0.1, 0.15) is 27.7 Å². The van der Waals surface area contributed by atoms with Gasteiger partial charge in [-0.05, 0) is 32.7 Å². The standard InChI is InChI=1S/C12H31N3Si/c1-5-14(6-2)12(11-13-9-10-16)15(7-3)8-4/h12-13H,5-11H2,1-4,16H3. The number of nitrogens with zero attached hydrogens (tertiary/aromatic N) is 2. The van der Waals surface area contributed by atoms with Crippen LogP contribution in [0.2, 0.25) is 6.04 Å². The van der Waals surface area contributed by atoms with Gasteiger partial charge < -0.3 is 5.32 Å². The maximum Gasteiger partial charge on any atom is 0.0750 e. The van der Waals surface area contributed by atoms with E-state index in [2.05, 4.69) is 42.8 Å². The summed E-state index contributed by atoms with van der Waals surface area (Å²) in [6.45, 7) is 15.9. The van der Waals surface area contributed by atoms with E-state index in [-0.39, 0.29) is 0 Å². The Bertz CT molecular complexity index is 135. The Balaban J connectivity index is 4.34. The van der Waals surface area contributed by atoms with E-state index in [1.807, 2.05) is 0 Å². The van der Waals surface area contributed by atoms with Crippen LogP contribution < -0.4 is 5.32 Å². The van der Waals surface area contributed by atoms with Gasteiger partial charge in [0.2, 0.25) is 0 Å². The summed E-state index contributed by atoms with van der Waals surface area (Å²) in [4.78, 5) is 5.10. The Morgan fingerprint density at radius 3 is 1.69 bits per heavy atom. The van der Waals surface area contributed by atoms with Crippen molar-refractivity contribution in [2.45, 2.75) is 39.9 Å². The Hall–Kier alpha value is 0.0969. The topological polar surface area (TPSA) is 18.5 Å². The molecule has 0 saturated carbocycles. The van der Waals surface area contributed by atoms with Gasteiger partial charge in [0.05, 0.1) is 6.17 Å². The Morgan fingerprint density at radius 1 is 0.938 bits per heavy atom. The van der Waals surface area contributed by atoms with Gasteiger partial charge in [0.1, 0.15) is 0 Å². The van der Waals surface area contributed by atoms with Crippen molar-refractivity contribution in [2.75, 3.05) is 39.3 Å². The summed E-state index contributed by atoms with van der Waals surface area (Å²) in [5.74, 6) is 0. The van der Waals surface area contributed by atoms with E-state index in [4.69, 9.17) is 0 Å². The minimum atomic E-state index is 0.568. The van der Waals surface area contributed by atoms with Gasteiger partial charge in [0.25, 0.3) is 0 Å². The molecule has 0 saturated heterocycles. The maximum atomic E-state index is 3.58. The molecular formula is C12H31N3Si. The third kappa shape index (κ3) is 5.43. The molecule has 0 aliphatic heterocycles. The van der Waals surface area contributed by atoms with Gasteiger partial charge in [0, 0.05) is 16.8 Å². The lowest BCUT2D eigenvalue weighted by molar-refractivity contribution is 0.0570. The Kier molecular flexibility index (Phi) is 10.3. The predicted octanol–water partition coefficient (Wildman–Crippen LogP) is 0.369. The van der Waals surface area contributed by atoms with Crippen molar-refractivity contribution in [1.82, 2.24) is 15.1 Å². The first-order chi connectivity index (χ1) is 7.74. The molecule has 0 bridgehead atoms. The molecule has 1 N–H and O–H groups in total. The molecule has 0 aliphatic rings. The first kappa shape index (κ1) is 16.1. The van der Waals surface area contributed by atoms with Gasteiger partial charge in [-0.3, -0.25) is 9.80 Å². The highest BCUT2D eigenvalue weighted by Crippen LogP contribution is 2.05. The van der Waals surface area contributed by atoms with Crippen LogP contribution in [-0.2, 0) is 0 Å². The molecule has 0 atom stereocenters. The van der Waals surface area contributed by atoms with E-state index >= 15 is 0 Å². The Labute approximate surface area is 105 Å². The van der Waals surface area contributed by atoms with Crippen LogP contribution in [0.15, 0.2) is 0 Å². The van der Waals surface area contributed by atoms with Crippen molar-refractivity contribution >= 4 is 10.2 Å². The van der Waals surface area contributed by atoms with Crippen molar-refractivity contribution in [1.29, 1.82) is 0 Å². The number of hydrogen-bond acceptors (Lipinski definition) is 3. The summed E-state index contributed by atoms with van der Waals surface area (Å²) in [6, 6.07) is 1.35. The van der Waals surface area contributed by atoms with Crippen LogP contribution in [0.5, 0.6) is 0 Å². The normalized spacial score (nSPS) is 12.2. The fourth-order valence-electron chi connectivity index (χ4n) is 2.19.